The molecule has 9 heteroatoms. The largest absolute Gasteiger partial charge is 0.378 e. The van der Waals surface area contributed by atoms with E-state index in [-0.39, 0.29) is 17.7 Å². The van der Waals surface area contributed by atoms with Gasteiger partial charge in [0.05, 0.1) is 13.2 Å². The van der Waals surface area contributed by atoms with Crippen LogP contribution in [-0.2, 0) is 16.1 Å². The van der Waals surface area contributed by atoms with Crippen LogP contribution in [0.5, 0.6) is 0 Å². The van der Waals surface area contributed by atoms with Gasteiger partial charge in [0.15, 0.2) is 0 Å². The van der Waals surface area contributed by atoms with E-state index in [9.17, 15) is 14.4 Å². The fourth-order valence-corrected chi connectivity index (χ4v) is 6.04. The smallest absolute Gasteiger partial charge is 0.255 e. The predicted molar refractivity (Wildman–Crippen MR) is 186 cm³/mol. The Hall–Kier alpha value is -4.99. The van der Waals surface area contributed by atoms with Gasteiger partial charge in [-0.15, -0.1) is 0 Å². The van der Waals surface area contributed by atoms with Gasteiger partial charge < -0.3 is 25.2 Å². The molecule has 2 aliphatic heterocycles. The SMILES string of the molecule is CC(=O)N1CCN(Cc2ccc(NC(=O)c3ccc(-c4cc(NC(=O)c5ccc(N6CCOCC6)cc5)ccc4C)cc3)cc2)CC1. The van der Waals surface area contributed by atoms with E-state index in [1.54, 1.807) is 6.92 Å². The highest BCUT2D eigenvalue weighted by Gasteiger charge is 2.19. The van der Waals surface area contributed by atoms with Crippen molar-refractivity contribution in [1.82, 2.24) is 9.80 Å². The third kappa shape index (κ3) is 8.06. The molecule has 0 unspecified atom stereocenters. The Morgan fingerprint density at radius 1 is 0.681 bits per heavy atom. The molecule has 47 heavy (non-hydrogen) atoms. The minimum Gasteiger partial charge on any atom is -0.378 e. The number of piperazine rings is 1. The van der Waals surface area contributed by atoms with Gasteiger partial charge in [0.2, 0.25) is 5.91 Å². The first kappa shape index (κ1) is 32.0. The Morgan fingerprint density at radius 3 is 1.87 bits per heavy atom. The molecule has 2 N–H and O–H groups in total. The van der Waals surface area contributed by atoms with Crippen molar-refractivity contribution < 1.29 is 19.1 Å². The van der Waals surface area contributed by atoms with Crippen LogP contribution in [0.25, 0.3) is 11.1 Å². The van der Waals surface area contributed by atoms with Crippen molar-refractivity contribution in [3.63, 3.8) is 0 Å². The summed E-state index contributed by atoms with van der Waals surface area (Å²) in [7, 11) is 0. The number of rotatable bonds is 8. The van der Waals surface area contributed by atoms with E-state index in [2.05, 4.69) is 20.4 Å². The molecule has 0 spiro atoms. The van der Waals surface area contributed by atoms with Gasteiger partial charge in [-0.2, -0.15) is 0 Å². The lowest BCUT2D eigenvalue weighted by Crippen LogP contribution is -2.47. The summed E-state index contributed by atoms with van der Waals surface area (Å²) in [4.78, 5) is 44.1. The predicted octanol–water partition coefficient (Wildman–Crippen LogP) is 5.67. The molecule has 4 aromatic rings. The van der Waals surface area contributed by atoms with Crippen molar-refractivity contribution in [3.8, 4) is 11.1 Å². The average molecular weight is 632 g/mol. The van der Waals surface area contributed by atoms with Crippen LogP contribution < -0.4 is 15.5 Å². The molecule has 0 bridgehead atoms. The minimum atomic E-state index is -0.179. The zero-order valence-corrected chi connectivity index (χ0v) is 27.0. The third-order valence-corrected chi connectivity index (χ3v) is 8.89. The van der Waals surface area contributed by atoms with Gasteiger partial charge in [-0.3, -0.25) is 19.3 Å². The lowest BCUT2D eigenvalue weighted by Gasteiger charge is -2.34. The Labute approximate surface area is 276 Å². The molecule has 9 nitrogen and oxygen atoms in total. The molecule has 4 aromatic carbocycles. The monoisotopic (exact) mass is 631 g/mol. The normalized spacial score (nSPS) is 15.3. The van der Waals surface area contributed by atoms with Gasteiger partial charge >= 0.3 is 0 Å². The summed E-state index contributed by atoms with van der Waals surface area (Å²) in [5, 5.41) is 6.02. The summed E-state index contributed by atoms with van der Waals surface area (Å²) in [6.07, 6.45) is 0. The topological polar surface area (TPSA) is 94.2 Å². The molecule has 0 saturated carbocycles. The van der Waals surface area contributed by atoms with Crippen molar-refractivity contribution >= 4 is 34.8 Å². The zero-order chi connectivity index (χ0) is 32.8. The summed E-state index contributed by atoms with van der Waals surface area (Å²) >= 11 is 0. The van der Waals surface area contributed by atoms with Gasteiger partial charge in [0.1, 0.15) is 0 Å². The number of benzene rings is 4. The van der Waals surface area contributed by atoms with Crippen LogP contribution in [0, 0.1) is 6.92 Å². The number of amides is 3. The molecule has 2 fully saturated rings. The second-order valence-corrected chi connectivity index (χ2v) is 12.1. The number of nitrogens with one attached hydrogen (secondary N) is 2. The fourth-order valence-electron chi connectivity index (χ4n) is 6.04. The highest BCUT2D eigenvalue weighted by Crippen LogP contribution is 2.28. The molecule has 0 radical (unpaired) electrons. The lowest BCUT2D eigenvalue weighted by molar-refractivity contribution is -0.130. The molecule has 2 heterocycles. The first-order valence-corrected chi connectivity index (χ1v) is 16.2. The molecule has 2 aliphatic rings. The zero-order valence-electron chi connectivity index (χ0n) is 27.0. The van der Waals surface area contributed by atoms with Crippen LogP contribution >= 0.6 is 0 Å². The molecule has 6 rings (SSSR count). The maximum absolute atomic E-state index is 13.0. The number of morpholine rings is 1. The number of hydrogen-bond donors (Lipinski definition) is 2. The molecular weight excluding hydrogens is 590 g/mol. The number of carbonyl (C=O) groups is 3. The van der Waals surface area contributed by atoms with Gasteiger partial charge in [0.25, 0.3) is 11.8 Å². The Bertz CT molecular complexity index is 1710. The third-order valence-electron chi connectivity index (χ3n) is 8.89. The molecule has 0 aliphatic carbocycles. The van der Waals surface area contributed by atoms with Gasteiger partial charge in [-0.1, -0.05) is 30.3 Å². The van der Waals surface area contributed by atoms with Crippen LogP contribution in [0.1, 0.15) is 38.8 Å². The number of anilines is 3. The average Bonchev–Trinajstić information content (AvgIpc) is 3.10. The van der Waals surface area contributed by atoms with Crippen LogP contribution in [0.15, 0.2) is 91.0 Å². The Morgan fingerprint density at radius 2 is 1.26 bits per heavy atom. The van der Waals surface area contributed by atoms with Crippen molar-refractivity contribution in [2.24, 2.45) is 0 Å². The van der Waals surface area contributed by atoms with Crippen LogP contribution in [0.2, 0.25) is 0 Å². The first-order valence-electron chi connectivity index (χ1n) is 16.2. The molecule has 3 amide bonds. The van der Waals surface area contributed by atoms with E-state index in [0.29, 0.717) is 30.0 Å². The Kier molecular flexibility index (Phi) is 9.94. The second kappa shape index (κ2) is 14.6. The van der Waals surface area contributed by atoms with Gasteiger partial charge in [-0.25, -0.2) is 0 Å². The van der Waals surface area contributed by atoms with Crippen molar-refractivity contribution in [2.45, 2.75) is 20.4 Å². The maximum atomic E-state index is 13.0. The van der Waals surface area contributed by atoms with E-state index in [1.165, 1.54) is 5.56 Å². The number of aryl methyl sites for hydroxylation is 1. The Balaban J connectivity index is 1.04. The number of carbonyl (C=O) groups excluding carboxylic acids is 3. The first-order chi connectivity index (χ1) is 22.8. The summed E-state index contributed by atoms with van der Waals surface area (Å²) in [6, 6.07) is 29.0. The lowest BCUT2D eigenvalue weighted by atomic mass is 9.98. The standard InChI is InChI=1S/C38H41N5O4/c1-27-3-12-34(40-38(46)32-10-15-35(16-11-32)43-21-23-47-24-22-43)25-36(27)30-6-8-31(9-7-30)37(45)39-33-13-4-29(5-14-33)26-41-17-19-42(20-18-41)28(2)44/h3-16,25H,17-24,26H2,1-2H3,(H,39,45)(H,40,46). The quantitative estimate of drug-likeness (QED) is 0.261. The van der Waals surface area contributed by atoms with Crippen LogP contribution in [-0.4, -0.2) is 80.0 Å². The highest BCUT2D eigenvalue weighted by molar-refractivity contribution is 6.05. The van der Waals surface area contributed by atoms with Crippen LogP contribution in [0.4, 0.5) is 17.1 Å². The van der Waals surface area contributed by atoms with E-state index in [4.69, 9.17) is 4.74 Å². The maximum Gasteiger partial charge on any atom is 0.255 e. The van der Waals surface area contributed by atoms with Crippen molar-refractivity contribution in [1.29, 1.82) is 0 Å². The van der Waals surface area contributed by atoms with E-state index >= 15 is 0 Å². The van der Waals surface area contributed by atoms with Gasteiger partial charge in [-0.05, 0) is 89.8 Å². The van der Waals surface area contributed by atoms with Crippen LogP contribution in [0.3, 0.4) is 0 Å². The fraction of sp³-hybridized carbons (Fsp3) is 0.289. The number of nitrogens with zero attached hydrogens (tertiary/aromatic N) is 3. The highest BCUT2D eigenvalue weighted by atomic mass is 16.5. The van der Waals surface area contributed by atoms with E-state index in [1.807, 2.05) is 103 Å². The van der Waals surface area contributed by atoms with Crippen molar-refractivity contribution in [2.75, 3.05) is 68.0 Å². The van der Waals surface area contributed by atoms with Gasteiger partial charge in [0, 0.05) is 80.9 Å². The summed E-state index contributed by atoms with van der Waals surface area (Å²) in [6.45, 7) is 10.8. The number of ether oxygens (including phenoxy) is 1. The molecule has 2 saturated heterocycles. The number of hydrogen-bond acceptors (Lipinski definition) is 6. The van der Waals surface area contributed by atoms with Crippen molar-refractivity contribution in [3.05, 3.63) is 113 Å². The van der Waals surface area contributed by atoms with E-state index < -0.39 is 0 Å². The summed E-state index contributed by atoms with van der Waals surface area (Å²) in [5.41, 5.74) is 7.85. The molecule has 0 aromatic heterocycles. The molecular formula is C38H41N5O4. The second-order valence-electron chi connectivity index (χ2n) is 12.1. The summed E-state index contributed by atoms with van der Waals surface area (Å²) < 4.78 is 5.43. The van der Waals surface area contributed by atoms with E-state index in [0.717, 1.165) is 73.9 Å². The summed E-state index contributed by atoms with van der Waals surface area (Å²) in [5.74, 6) is -0.213. The molecule has 242 valence electrons. The molecule has 0 atom stereocenters. The minimum absolute atomic E-state index is 0.131.